The Labute approximate surface area is 117 Å². The van der Waals surface area contributed by atoms with Crippen molar-refractivity contribution in [3.8, 4) is 0 Å². The first-order valence-corrected chi connectivity index (χ1v) is 6.71. The summed E-state index contributed by atoms with van der Waals surface area (Å²) >= 11 is 5.80. The van der Waals surface area contributed by atoms with Crippen LogP contribution in [0, 0.1) is 10.1 Å². The third-order valence-electron chi connectivity index (χ3n) is 3.48. The van der Waals surface area contributed by atoms with Gasteiger partial charge in [-0.2, -0.15) is 0 Å². The molecule has 2 unspecified atom stereocenters. The van der Waals surface area contributed by atoms with Crippen LogP contribution in [0.3, 0.4) is 0 Å². The molecule has 0 spiro atoms. The molecule has 0 amide bonds. The average Bonchev–Trinajstić information content (AvgIpc) is 2.41. The Hall–Kier alpha value is -1.33. The summed E-state index contributed by atoms with van der Waals surface area (Å²) < 4.78 is 5.36. The monoisotopic (exact) mass is 284 g/mol. The molecule has 6 heteroatoms. The van der Waals surface area contributed by atoms with Crippen LogP contribution in [-0.4, -0.2) is 24.2 Å². The Balaban J connectivity index is 2.12. The lowest BCUT2D eigenvalue weighted by Gasteiger charge is -2.29. The number of ether oxygens (including phenoxy) is 1. The maximum absolute atomic E-state index is 11.0. The van der Waals surface area contributed by atoms with Crippen LogP contribution in [0.2, 0.25) is 5.02 Å². The van der Waals surface area contributed by atoms with Crippen LogP contribution in [0.25, 0.3) is 0 Å². The van der Waals surface area contributed by atoms with E-state index in [0.717, 1.165) is 25.7 Å². The fourth-order valence-corrected chi connectivity index (χ4v) is 2.65. The van der Waals surface area contributed by atoms with Gasteiger partial charge in [0.25, 0.3) is 5.69 Å². The maximum Gasteiger partial charge on any atom is 0.293 e. The number of nitrogens with one attached hydrogen (secondary N) is 1. The minimum Gasteiger partial charge on any atom is -0.381 e. The minimum absolute atomic E-state index is 0.0204. The zero-order chi connectivity index (χ0) is 13.8. The number of halogens is 1. The molecular formula is C13H17ClN2O3. The smallest absolute Gasteiger partial charge is 0.293 e. The highest BCUT2D eigenvalue weighted by atomic mass is 35.5. The Morgan fingerprint density at radius 2 is 2.26 bits per heavy atom. The molecule has 0 radical (unpaired) electrons. The lowest BCUT2D eigenvalue weighted by Crippen LogP contribution is -2.31. The molecular weight excluding hydrogens is 268 g/mol. The normalized spacial score (nSPS) is 23.1. The van der Waals surface area contributed by atoms with Crippen LogP contribution >= 0.6 is 11.6 Å². The Bertz CT molecular complexity index is 467. The zero-order valence-electron chi connectivity index (χ0n) is 10.8. The topological polar surface area (TPSA) is 64.4 Å². The van der Waals surface area contributed by atoms with Crippen molar-refractivity contribution >= 4 is 23.0 Å². The molecule has 104 valence electrons. The highest BCUT2D eigenvalue weighted by Crippen LogP contribution is 2.31. The zero-order valence-corrected chi connectivity index (χ0v) is 11.5. The standard InChI is InChI=1S/C13H17ClN2O3/c1-19-11-4-2-3-10(8-11)15-12-6-5-9(14)7-13(12)16(17)18/h5-7,10-11,15H,2-4,8H2,1H3. The van der Waals surface area contributed by atoms with E-state index in [2.05, 4.69) is 5.32 Å². The van der Waals surface area contributed by atoms with Crippen LogP contribution in [0.5, 0.6) is 0 Å². The van der Waals surface area contributed by atoms with Gasteiger partial charge in [0.15, 0.2) is 0 Å². The van der Waals surface area contributed by atoms with Crippen LogP contribution in [-0.2, 0) is 4.74 Å². The second-order valence-electron chi connectivity index (χ2n) is 4.78. The number of nitro benzene ring substituents is 1. The Kier molecular flexibility index (Phi) is 4.61. The number of benzene rings is 1. The number of nitro groups is 1. The van der Waals surface area contributed by atoms with E-state index in [1.807, 2.05) is 0 Å². The number of methoxy groups -OCH3 is 1. The molecule has 2 rings (SSSR count). The van der Waals surface area contributed by atoms with Crippen molar-refractivity contribution in [3.63, 3.8) is 0 Å². The number of anilines is 1. The van der Waals surface area contributed by atoms with Gasteiger partial charge in [0, 0.05) is 24.2 Å². The van der Waals surface area contributed by atoms with E-state index in [-0.39, 0.29) is 17.8 Å². The summed E-state index contributed by atoms with van der Waals surface area (Å²) in [7, 11) is 1.71. The molecule has 1 fully saturated rings. The molecule has 0 bridgehead atoms. The molecule has 1 aromatic carbocycles. The van der Waals surface area contributed by atoms with E-state index < -0.39 is 4.92 Å². The van der Waals surface area contributed by atoms with Gasteiger partial charge in [-0.1, -0.05) is 11.6 Å². The first kappa shape index (κ1) is 14.1. The van der Waals surface area contributed by atoms with Crippen LogP contribution in [0.4, 0.5) is 11.4 Å². The van der Waals surface area contributed by atoms with E-state index >= 15 is 0 Å². The summed E-state index contributed by atoms with van der Waals surface area (Å²) in [5, 5.41) is 14.6. The largest absolute Gasteiger partial charge is 0.381 e. The SMILES string of the molecule is COC1CCCC(Nc2ccc(Cl)cc2[N+](=O)[O-])C1. The van der Waals surface area contributed by atoms with E-state index in [9.17, 15) is 10.1 Å². The van der Waals surface area contributed by atoms with Gasteiger partial charge in [-0.05, 0) is 37.8 Å². The predicted octanol–water partition coefficient (Wildman–Crippen LogP) is 3.62. The Morgan fingerprint density at radius 1 is 1.47 bits per heavy atom. The summed E-state index contributed by atoms with van der Waals surface area (Å²) in [6.45, 7) is 0. The van der Waals surface area contributed by atoms with Gasteiger partial charge in [0.2, 0.25) is 0 Å². The Morgan fingerprint density at radius 3 is 2.95 bits per heavy atom. The van der Waals surface area contributed by atoms with Crippen LogP contribution < -0.4 is 5.32 Å². The number of rotatable bonds is 4. The third kappa shape index (κ3) is 3.58. The number of hydrogen-bond donors (Lipinski definition) is 1. The highest BCUT2D eigenvalue weighted by molar-refractivity contribution is 6.30. The van der Waals surface area contributed by atoms with Crippen molar-refractivity contribution in [1.29, 1.82) is 0 Å². The summed E-state index contributed by atoms with van der Waals surface area (Å²) in [4.78, 5) is 10.6. The molecule has 1 aromatic rings. The van der Waals surface area contributed by atoms with Crippen molar-refractivity contribution in [2.75, 3.05) is 12.4 Å². The molecule has 1 saturated carbocycles. The third-order valence-corrected chi connectivity index (χ3v) is 3.71. The van der Waals surface area contributed by atoms with E-state index in [0.29, 0.717) is 10.7 Å². The van der Waals surface area contributed by atoms with Gasteiger partial charge < -0.3 is 10.1 Å². The quantitative estimate of drug-likeness (QED) is 0.677. The van der Waals surface area contributed by atoms with Gasteiger partial charge in [-0.3, -0.25) is 10.1 Å². The average molecular weight is 285 g/mol. The van der Waals surface area contributed by atoms with E-state index in [1.165, 1.54) is 6.07 Å². The maximum atomic E-state index is 11.0. The molecule has 1 aliphatic rings. The summed E-state index contributed by atoms with van der Waals surface area (Å²) in [6, 6.07) is 4.91. The predicted molar refractivity (Wildman–Crippen MR) is 74.8 cm³/mol. The second-order valence-corrected chi connectivity index (χ2v) is 5.22. The second kappa shape index (κ2) is 6.21. The lowest BCUT2D eigenvalue weighted by atomic mass is 9.92. The summed E-state index contributed by atoms with van der Waals surface area (Å²) in [5.41, 5.74) is 0.545. The molecule has 2 atom stereocenters. The molecule has 19 heavy (non-hydrogen) atoms. The van der Waals surface area contributed by atoms with E-state index in [1.54, 1.807) is 19.2 Å². The van der Waals surface area contributed by atoms with Crippen molar-refractivity contribution in [1.82, 2.24) is 0 Å². The molecule has 0 aromatic heterocycles. The van der Waals surface area contributed by atoms with Crippen LogP contribution in [0.15, 0.2) is 18.2 Å². The molecule has 0 aliphatic heterocycles. The van der Waals surface area contributed by atoms with Crippen LogP contribution in [0.1, 0.15) is 25.7 Å². The highest BCUT2D eigenvalue weighted by Gasteiger charge is 2.24. The summed E-state index contributed by atoms with van der Waals surface area (Å²) in [6.07, 6.45) is 4.22. The fourth-order valence-electron chi connectivity index (χ4n) is 2.49. The first-order valence-electron chi connectivity index (χ1n) is 6.33. The first-order chi connectivity index (χ1) is 9.10. The lowest BCUT2D eigenvalue weighted by molar-refractivity contribution is -0.384. The van der Waals surface area contributed by atoms with Gasteiger partial charge in [0.1, 0.15) is 5.69 Å². The molecule has 5 nitrogen and oxygen atoms in total. The molecule has 1 aliphatic carbocycles. The summed E-state index contributed by atoms with van der Waals surface area (Å²) in [5.74, 6) is 0. The van der Waals surface area contributed by atoms with Crippen molar-refractivity contribution in [2.24, 2.45) is 0 Å². The van der Waals surface area contributed by atoms with Gasteiger partial charge in [-0.15, -0.1) is 0 Å². The van der Waals surface area contributed by atoms with Gasteiger partial charge in [-0.25, -0.2) is 0 Å². The fraction of sp³-hybridized carbons (Fsp3) is 0.538. The van der Waals surface area contributed by atoms with Gasteiger partial charge >= 0.3 is 0 Å². The molecule has 0 heterocycles. The molecule has 1 N–H and O–H groups in total. The minimum atomic E-state index is -0.412. The number of nitrogens with zero attached hydrogens (tertiary/aromatic N) is 1. The van der Waals surface area contributed by atoms with E-state index in [4.69, 9.17) is 16.3 Å². The van der Waals surface area contributed by atoms with Crippen molar-refractivity contribution in [3.05, 3.63) is 33.3 Å². The van der Waals surface area contributed by atoms with Gasteiger partial charge in [0.05, 0.1) is 11.0 Å². The van der Waals surface area contributed by atoms with Crippen molar-refractivity contribution < 1.29 is 9.66 Å². The number of hydrogen-bond acceptors (Lipinski definition) is 4. The molecule has 0 saturated heterocycles. The van der Waals surface area contributed by atoms with Crippen molar-refractivity contribution in [2.45, 2.75) is 37.8 Å².